The molecule has 4 rings (SSSR count). The monoisotopic (exact) mass is 342 g/mol. The van der Waals surface area contributed by atoms with E-state index in [1.165, 1.54) is 0 Å². The van der Waals surface area contributed by atoms with E-state index in [9.17, 15) is 4.79 Å². The number of ether oxygens (including phenoxy) is 1. The van der Waals surface area contributed by atoms with Crippen LogP contribution in [0.4, 0.5) is 5.69 Å². The highest BCUT2D eigenvalue weighted by molar-refractivity contribution is 6.00. The molecule has 2 fully saturated rings. The third-order valence-corrected chi connectivity index (χ3v) is 4.85. The maximum Gasteiger partial charge on any atom is 0.255 e. The van der Waals surface area contributed by atoms with Gasteiger partial charge in [0.1, 0.15) is 0 Å². The second-order valence-corrected chi connectivity index (χ2v) is 6.53. The number of likely N-dealkylation sites (tertiary alicyclic amines) is 1. The minimum Gasteiger partial charge on any atom is -0.378 e. The summed E-state index contributed by atoms with van der Waals surface area (Å²) in [7, 11) is 0. The summed E-state index contributed by atoms with van der Waals surface area (Å²) in [5.41, 5.74) is 1.75. The summed E-state index contributed by atoms with van der Waals surface area (Å²) < 4.78 is 10.7. The lowest BCUT2D eigenvalue weighted by atomic mass is 10.1. The van der Waals surface area contributed by atoms with Crippen LogP contribution in [0.1, 0.15) is 34.4 Å². The van der Waals surface area contributed by atoms with E-state index in [-0.39, 0.29) is 11.8 Å². The van der Waals surface area contributed by atoms with Gasteiger partial charge in [-0.25, -0.2) is 0 Å². The third-order valence-electron chi connectivity index (χ3n) is 4.85. The lowest BCUT2D eigenvalue weighted by molar-refractivity contribution is 0.0789. The number of hydrogen-bond donors (Lipinski definition) is 0. The zero-order chi connectivity index (χ0) is 17.2. The molecule has 1 aromatic carbocycles. The summed E-state index contributed by atoms with van der Waals surface area (Å²) in [6.07, 6.45) is 0.854. The highest BCUT2D eigenvalue weighted by Gasteiger charge is 2.32. The van der Waals surface area contributed by atoms with Gasteiger partial charge in [-0.3, -0.25) is 4.79 Å². The molecule has 3 heterocycles. The Balaban J connectivity index is 1.51. The average molecular weight is 342 g/mol. The van der Waals surface area contributed by atoms with Crippen LogP contribution in [0.15, 0.2) is 28.8 Å². The van der Waals surface area contributed by atoms with Crippen LogP contribution in [0, 0.1) is 6.92 Å². The lowest BCUT2D eigenvalue weighted by Gasteiger charge is -2.31. The van der Waals surface area contributed by atoms with Crippen molar-refractivity contribution in [1.82, 2.24) is 15.0 Å². The minimum absolute atomic E-state index is 0.0702. The molecule has 7 heteroatoms. The van der Waals surface area contributed by atoms with Gasteiger partial charge < -0.3 is 19.1 Å². The number of nitrogens with zero attached hydrogens (tertiary/aromatic N) is 4. The number of carbonyl (C=O) groups excluding carboxylic acids is 1. The standard InChI is InChI=1S/C18H22N4O3/c1-13-19-17(25-20-13)14-6-7-22(12-14)18(23)15-4-2-3-5-16(15)21-8-10-24-11-9-21/h2-5,14H,6-12H2,1H3/t14-/m1/s1. The van der Waals surface area contributed by atoms with Gasteiger partial charge in [0.05, 0.1) is 24.7 Å². The molecule has 0 radical (unpaired) electrons. The number of rotatable bonds is 3. The van der Waals surface area contributed by atoms with Crippen molar-refractivity contribution in [3.63, 3.8) is 0 Å². The Morgan fingerprint density at radius 1 is 1.20 bits per heavy atom. The number of amides is 1. The van der Waals surface area contributed by atoms with Gasteiger partial charge in [0.25, 0.3) is 5.91 Å². The summed E-state index contributed by atoms with van der Waals surface area (Å²) in [6, 6.07) is 7.84. The summed E-state index contributed by atoms with van der Waals surface area (Å²) in [5, 5.41) is 3.86. The zero-order valence-electron chi connectivity index (χ0n) is 14.4. The second-order valence-electron chi connectivity index (χ2n) is 6.53. The number of anilines is 1. The van der Waals surface area contributed by atoms with Crippen LogP contribution in [0.2, 0.25) is 0 Å². The van der Waals surface area contributed by atoms with Crippen LogP contribution in [-0.4, -0.2) is 60.3 Å². The fourth-order valence-corrected chi connectivity index (χ4v) is 3.53. The normalized spacial score (nSPS) is 20.9. The summed E-state index contributed by atoms with van der Waals surface area (Å²) in [6.45, 7) is 6.17. The Kier molecular flexibility index (Phi) is 4.40. The molecule has 0 bridgehead atoms. The first-order valence-corrected chi connectivity index (χ1v) is 8.73. The maximum absolute atomic E-state index is 13.1. The van der Waals surface area contributed by atoms with Gasteiger partial charge in [-0.2, -0.15) is 4.98 Å². The Morgan fingerprint density at radius 3 is 2.76 bits per heavy atom. The predicted molar refractivity (Wildman–Crippen MR) is 91.8 cm³/mol. The van der Waals surface area contributed by atoms with Gasteiger partial charge in [-0.1, -0.05) is 17.3 Å². The maximum atomic E-state index is 13.1. The molecule has 2 saturated heterocycles. The van der Waals surface area contributed by atoms with Crippen molar-refractivity contribution < 1.29 is 14.1 Å². The van der Waals surface area contributed by atoms with Gasteiger partial charge in [0.2, 0.25) is 5.89 Å². The van der Waals surface area contributed by atoms with E-state index in [0.29, 0.717) is 38.0 Å². The molecule has 1 atom stereocenters. The number of carbonyl (C=O) groups is 1. The van der Waals surface area contributed by atoms with Crippen molar-refractivity contribution in [3.05, 3.63) is 41.5 Å². The van der Waals surface area contributed by atoms with E-state index in [0.717, 1.165) is 30.8 Å². The zero-order valence-corrected chi connectivity index (χ0v) is 14.4. The molecule has 1 amide bonds. The molecule has 0 N–H and O–H groups in total. The smallest absolute Gasteiger partial charge is 0.255 e. The third kappa shape index (κ3) is 3.24. The molecular formula is C18H22N4O3. The quantitative estimate of drug-likeness (QED) is 0.848. The molecule has 0 aliphatic carbocycles. The highest BCUT2D eigenvalue weighted by Crippen LogP contribution is 2.29. The van der Waals surface area contributed by atoms with E-state index in [1.54, 1.807) is 0 Å². The van der Waals surface area contributed by atoms with Gasteiger partial charge in [-0.05, 0) is 25.5 Å². The molecule has 0 saturated carbocycles. The molecule has 0 spiro atoms. The van der Waals surface area contributed by atoms with Crippen molar-refractivity contribution >= 4 is 11.6 Å². The largest absolute Gasteiger partial charge is 0.378 e. The van der Waals surface area contributed by atoms with Crippen LogP contribution in [0.5, 0.6) is 0 Å². The number of morpholine rings is 1. The number of aryl methyl sites for hydroxylation is 1. The topological polar surface area (TPSA) is 71.7 Å². The molecule has 132 valence electrons. The summed E-state index contributed by atoms with van der Waals surface area (Å²) >= 11 is 0. The predicted octanol–water partition coefficient (Wildman–Crippen LogP) is 1.84. The fraction of sp³-hybridized carbons (Fsp3) is 0.500. The van der Waals surface area contributed by atoms with E-state index in [2.05, 4.69) is 15.0 Å². The van der Waals surface area contributed by atoms with Crippen molar-refractivity contribution in [2.75, 3.05) is 44.3 Å². The number of para-hydroxylation sites is 1. The van der Waals surface area contributed by atoms with Crippen LogP contribution >= 0.6 is 0 Å². The first kappa shape index (κ1) is 16.1. The van der Waals surface area contributed by atoms with Crippen molar-refractivity contribution in [2.24, 2.45) is 0 Å². The minimum atomic E-state index is 0.0702. The van der Waals surface area contributed by atoms with E-state index in [1.807, 2.05) is 36.1 Å². The van der Waals surface area contributed by atoms with Gasteiger partial charge in [0, 0.05) is 31.9 Å². The molecular weight excluding hydrogens is 320 g/mol. The average Bonchev–Trinajstić information content (AvgIpc) is 3.31. The van der Waals surface area contributed by atoms with E-state index >= 15 is 0 Å². The van der Waals surface area contributed by atoms with Crippen LogP contribution < -0.4 is 4.90 Å². The highest BCUT2D eigenvalue weighted by atomic mass is 16.5. The van der Waals surface area contributed by atoms with Gasteiger partial charge in [-0.15, -0.1) is 0 Å². The lowest BCUT2D eigenvalue weighted by Crippen LogP contribution is -2.38. The van der Waals surface area contributed by atoms with Crippen LogP contribution in [-0.2, 0) is 4.74 Å². The molecule has 7 nitrogen and oxygen atoms in total. The van der Waals surface area contributed by atoms with Crippen molar-refractivity contribution in [3.8, 4) is 0 Å². The van der Waals surface area contributed by atoms with Crippen molar-refractivity contribution in [1.29, 1.82) is 0 Å². The number of benzene rings is 1. The Morgan fingerprint density at radius 2 is 2.00 bits per heavy atom. The molecule has 2 aromatic rings. The Hall–Kier alpha value is -2.41. The van der Waals surface area contributed by atoms with Gasteiger partial charge >= 0.3 is 0 Å². The summed E-state index contributed by atoms with van der Waals surface area (Å²) in [4.78, 5) is 21.5. The molecule has 2 aliphatic rings. The van der Waals surface area contributed by atoms with Crippen LogP contribution in [0.25, 0.3) is 0 Å². The number of hydrogen-bond acceptors (Lipinski definition) is 6. The second kappa shape index (κ2) is 6.84. The van der Waals surface area contributed by atoms with Crippen LogP contribution in [0.3, 0.4) is 0 Å². The SMILES string of the molecule is Cc1noc([C@@H]2CCN(C(=O)c3ccccc3N3CCOCC3)C2)n1. The molecule has 1 aromatic heterocycles. The Bertz CT molecular complexity index is 754. The number of aromatic nitrogens is 2. The van der Waals surface area contributed by atoms with E-state index < -0.39 is 0 Å². The van der Waals surface area contributed by atoms with E-state index in [4.69, 9.17) is 9.26 Å². The molecule has 25 heavy (non-hydrogen) atoms. The first-order valence-electron chi connectivity index (χ1n) is 8.73. The first-order chi connectivity index (χ1) is 12.2. The molecule has 0 unspecified atom stereocenters. The fourth-order valence-electron chi connectivity index (χ4n) is 3.53. The van der Waals surface area contributed by atoms with Gasteiger partial charge in [0.15, 0.2) is 5.82 Å². The summed E-state index contributed by atoms with van der Waals surface area (Å²) in [5.74, 6) is 1.47. The molecule has 2 aliphatic heterocycles. The Labute approximate surface area is 146 Å². The van der Waals surface area contributed by atoms with Crippen molar-refractivity contribution in [2.45, 2.75) is 19.3 Å².